The van der Waals surface area contributed by atoms with E-state index in [0.717, 1.165) is 22.2 Å². The molecular formula is C19H19NOS2. The Morgan fingerprint density at radius 1 is 1.00 bits per heavy atom. The summed E-state index contributed by atoms with van der Waals surface area (Å²) in [6.45, 7) is 5.83. The molecule has 0 fully saturated rings. The maximum Gasteiger partial charge on any atom is 0.144 e. The van der Waals surface area contributed by atoms with Gasteiger partial charge in [-0.05, 0) is 49.1 Å². The molecule has 0 radical (unpaired) electrons. The lowest BCUT2D eigenvalue weighted by atomic mass is 10.0. The first kappa shape index (κ1) is 16.2. The van der Waals surface area contributed by atoms with Gasteiger partial charge < -0.3 is 4.55 Å². The highest BCUT2D eigenvalue weighted by atomic mass is 32.2. The second-order valence-corrected chi connectivity index (χ2v) is 9.06. The minimum atomic E-state index is -1.29. The largest absolute Gasteiger partial charge is 0.591 e. The smallest absolute Gasteiger partial charge is 0.144 e. The number of rotatable bonds is 3. The number of fused-ring (bicyclic) bond motifs is 1. The molecule has 2 aromatic carbocycles. The van der Waals surface area contributed by atoms with Crippen LogP contribution in [0.4, 0.5) is 0 Å². The molecule has 1 aromatic heterocycles. The molecule has 1 atom stereocenters. The van der Waals surface area contributed by atoms with E-state index >= 15 is 0 Å². The molecule has 4 heteroatoms. The van der Waals surface area contributed by atoms with E-state index in [1.165, 1.54) is 5.39 Å². The Labute approximate surface area is 144 Å². The van der Waals surface area contributed by atoms with Crippen LogP contribution in [0.5, 0.6) is 0 Å². The average molecular weight is 342 g/mol. The van der Waals surface area contributed by atoms with Crippen molar-refractivity contribution in [1.82, 2.24) is 0 Å². The predicted octanol–water partition coefficient (Wildman–Crippen LogP) is 5.20. The first-order valence-electron chi connectivity index (χ1n) is 7.47. The predicted molar refractivity (Wildman–Crippen MR) is 102 cm³/mol. The fourth-order valence-corrected chi connectivity index (χ4v) is 3.52. The summed E-state index contributed by atoms with van der Waals surface area (Å²) in [5, 5.41) is 6.42. The van der Waals surface area contributed by atoms with Crippen LogP contribution in [-0.4, -0.2) is 15.0 Å². The molecule has 1 unspecified atom stereocenters. The van der Waals surface area contributed by atoms with Crippen molar-refractivity contribution in [3.05, 3.63) is 70.4 Å². The van der Waals surface area contributed by atoms with Gasteiger partial charge in [0.05, 0.1) is 0 Å². The fraction of sp³-hybridized carbons (Fsp3) is 0.211. The summed E-state index contributed by atoms with van der Waals surface area (Å²) >= 11 is 0.327. The zero-order valence-electron chi connectivity index (χ0n) is 13.4. The fourth-order valence-electron chi connectivity index (χ4n) is 2.23. The number of nitrogens with zero attached hydrogens (tertiary/aromatic N) is 1. The zero-order valence-corrected chi connectivity index (χ0v) is 15.1. The molecule has 0 bridgehead atoms. The molecule has 0 saturated heterocycles. The van der Waals surface area contributed by atoms with Gasteiger partial charge in [-0.1, -0.05) is 40.8 Å². The highest BCUT2D eigenvalue weighted by Crippen LogP contribution is 2.24. The van der Waals surface area contributed by atoms with Crippen LogP contribution in [-0.2, 0) is 11.4 Å². The molecule has 1 heterocycles. The van der Waals surface area contributed by atoms with Crippen LogP contribution >= 0.6 is 11.3 Å². The molecule has 3 rings (SSSR count). The Morgan fingerprint density at radius 2 is 1.74 bits per heavy atom. The topological polar surface area (TPSA) is 35.4 Å². The van der Waals surface area contributed by atoms with E-state index in [2.05, 4.69) is 34.7 Å². The summed E-state index contributed by atoms with van der Waals surface area (Å²) in [4.78, 5) is 0. The lowest BCUT2D eigenvalue weighted by Gasteiger charge is -2.19. The first-order valence-corrected chi connectivity index (χ1v) is 9.52. The Hall–Kier alpha value is -1.62. The van der Waals surface area contributed by atoms with E-state index in [1.807, 2.05) is 49.7 Å². The zero-order chi connectivity index (χ0) is 16.4. The summed E-state index contributed by atoms with van der Waals surface area (Å²) in [6, 6.07) is 16.5. The normalized spacial score (nSPS) is 14.2. The van der Waals surface area contributed by atoms with Crippen LogP contribution in [0.2, 0.25) is 0 Å². The summed E-state index contributed by atoms with van der Waals surface area (Å²) in [5.74, 6) is 0. The number of hydrogen-bond acceptors (Lipinski definition) is 3. The van der Waals surface area contributed by atoms with E-state index in [4.69, 9.17) is 0 Å². The van der Waals surface area contributed by atoms with Gasteiger partial charge in [-0.3, -0.25) is 0 Å². The van der Waals surface area contributed by atoms with Crippen molar-refractivity contribution in [2.75, 3.05) is 0 Å². The molecule has 0 aliphatic rings. The first-order chi connectivity index (χ1) is 10.9. The van der Waals surface area contributed by atoms with E-state index in [9.17, 15) is 4.55 Å². The highest BCUT2D eigenvalue weighted by molar-refractivity contribution is 7.91. The molecule has 0 spiro atoms. The molecule has 0 aliphatic carbocycles. The second kappa shape index (κ2) is 6.48. The van der Waals surface area contributed by atoms with Crippen LogP contribution in [0.15, 0.2) is 63.7 Å². The molecule has 0 amide bonds. The maximum atomic E-state index is 12.5. The van der Waals surface area contributed by atoms with Gasteiger partial charge in [-0.2, -0.15) is 11.3 Å². The SMILES string of the molecule is CC(C)(C)[S+]([O-])/N=C(/c1ccsc1)c1ccc2ccccc2c1. The lowest BCUT2D eigenvalue weighted by Crippen LogP contribution is -2.27. The third-order valence-electron chi connectivity index (χ3n) is 3.52. The quantitative estimate of drug-likeness (QED) is 0.476. The molecule has 23 heavy (non-hydrogen) atoms. The molecular weight excluding hydrogens is 322 g/mol. The maximum absolute atomic E-state index is 12.5. The molecule has 0 saturated carbocycles. The third kappa shape index (κ3) is 3.66. The van der Waals surface area contributed by atoms with Crippen molar-refractivity contribution in [3.8, 4) is 0 Å². The standard InChI is InChI=1S/C19H19NOS2/c1-19(2,3)23(21)20-18(17-10-11-22-13-17)16-9-8-14-6-4-5-7-15(14)12-16/h4-13H,1-3H3/b20-18+. The van der Waals surface area contributed by atoms with Gasteiger partial charge in [-0.25, -0.2) is 0 Å². The Morgan fingerprint density at radius 3 is 2.39 bits per heavy atom. The molecule has 118 valence electrons. The summed E-state index contributed by atoms with van der Waals surface area (Å²) in [7, 11) is 0. The van der Waals surface area contributed by atoms with Crippen LogP contribution in [0.1, 0.15) is 31.9 Å². The molecule has 3 aromatic rings. The Kier molecular flexibility index (Phi) is 4.57. The second-order valence-electron chi connectivity index (χ2n) is 6.38. The van der Waals surface area contributed by atoms with Gasteiger partial charge in [0, 0.05) is 16.5 Å². The number of hydrogen-bond donors (Lipinski definition) is 0. The number of benzene rings is 2. The third-order valence-corrected chi connectivity index (χ3v) is 5.59. The van der Waals surface area contributed by atoms with Gasteiger partial charge in [0.15, 0.2) is 0 Å². The van der Waals surface area contributed by atoms with Crippen molar-refractivity contribution < 1.29 is 4.55 Å². The lowest BCUT2D eigenvalue weighted by molar-refractivity contribution is 0.561. The van der Waals surface area contributed by atoms with E-state index < -0.39 is 11.4 Å². The molecule has 0 N–H and O–H groups in total. The summed E-state index contributed by atoms with van der Waals surface area (Å²) in [6.07, 6.45) is 0. The summed E-state index contributed by atoms with van der Waals surface area (Å²) in [5.41, 5.74) is 2.81. The minimum Gasteiger partial charge on any atom is -0.591 e. The minimum absolute atomic E-state index is 0.377. The van der Waals surface area contributed by atoms with Gasteiger partial charge in [0.2, 0.25) is 0 Å². The monoisotopic (exact) mass is 341 g/mol. The number of thiophene rings is 1. The van der Waals surface area contributed by atoms with Gasteiger partial charge in [0.25, 0.3) is 0 Å². The molecule has 2 nitrogen and oxygen atoms in total. The Bertz CT molecular complexity index is 832. The molecule has 0 aliphatic heterocycles. The van der Waals surface area contributed by atoms with Crippen LogP contribution in [0.25, 0.3) is 10.8 Å². The van der Waals surface area contributed by atoms with E-state index in [1.54, 1.807) is 11.3 Å². The van der Waals surface area contributed by atoms with Crippen molar-refractivity contribution in [2.24, 2.45) is 4.40 Å². The van der Waals surface area contributed by atoms with Crippen molar-refractivity contribution in [3.63, 3.8) is 0 Å². The van der Waals surface area contributed by atoms with Gasteiger partial charge in [-0.15, -0.1) is 0 Å². The average Bonchev–Trinajstić information content (AvgIpc) is 3.05. The van der Waals surface area contributed by atoms with Crippen LogP contribution in [0.3, 0.4) is 0 Å². The van der Waals surface area contributed by atoms with Gasteiger partial charge in [0.1, 0.15) is 21.8 Å². The van der Waals surface area contributed by atoms with Crippen molar-refractivity contribution >= 4 is 39.2 Å². The Balaban J connectivity index is 2.12. The van der Waals surface area contributed by atoms with Crippen LogP contribution in [0, 0.1) is 0 Å². The highest BCUT2D eigenvalue weighted by Gasteiger charge is 2.28. The van der Waals surface area contributed by atoms with Crippen LogP contribution < -0.4 is 0 Å². The van der Waals surface area contributed by atoms with Gasteiger partial charge >= 0.3 is 0 Å². The van der Waals surface area contributed by atoms with Crippen molar-refractivity contribution in [1.29, 1.82) is 0 Å². The van der Waals surface area contributed by atoms with E-state index in [-0.39, 0.29) is 4.75 Å². The van der Waals surface area contributed by atoms with E-state index in [0.29, 0.717) is 0 Å². The summed E-state index contributed by atoms with van der Waals surface area (Å²) < 4.78 is 16.7. The van der Waals surface area contributed by atoms with Crippen molar-refractivity contribution in [2.45, 2.75) is 25.5 Å².